The topological polar surface area (TPSA) is 29.0 Å². The molecule has 5 heteroatoms. The van der Waals surface area contributed by atoms with Gasteiger partial charge in [-0.05, 0) is 44.5 Å². The number of aromatic nitrogens is 2. The van der Waals surface area contributed by atoms with Crippen LogP contribution in [0.2, 0.25) is 5.28 Å². The van der Waals surface area contributed by atoms with E-state index in [0.717, 1.165) is 17.1 Å². The minimum atomic E-state index is 0.178. The number of thioether (sulfide) groups is 1. The third kappa shape index (κ3) is 4.48. The molecule has 116 valence electrons. The van der Waals surface area contributed by atoms with Gasteiger partial charge < -0.3 is 4.90 Å². The molecule has 0 aliphatic rings. The molecule has 0 amide bonds. The molecule has 0 N–H and O–H groups in total. The Morgan fingerprint density at radius 2 is 1.81 bits per heavy atom. The Bertz CT molecular complexity index is 516. The standard InChI is InChI=1S/C16H24ClN3S/c1-8-14(10(3)4)21-13(7)20(9-2)15-11(5)12(6)18-16(17)19-15/h8-10,13-14H,1-2H2,3-7H3. The van der Waals surface area contributed by atoms with Gasteiger partial charge in [0.15, 0.2) is 0 Å². The molecular formula is C16H24ClN3S. The van der Waals surface area contributed by atoms with Crippen LogP contribution in [-0.2, 0) is 0 Å². The monoisotopic (exact) mass is 325 g/mol. The second-order valence-corrected chi connectivity index (χ2v) is 7.13. The average molecular weight is 326 g/mol. The van der Waals surface area contributed by atoms with Crippen molar-refractivity contribution < 1.29 is 0 Å². The van der Waals surface area contributed by atoms with Crippen LogP contribution in [-0.4, -0.2) is 20.6 Å². The molecule has 2 unspecified atom stereocenters. The Morgan fingerprint density at radius 1 is 1.19 bits per heavy atom. The van der Waals surface area contributed by atoms with Crippen LogP contribution < -0.4 is 4.90 Å². The molecule has 0 saturated carbocycles. The highest BCUT2D eigenvalue weighted by atomic mass is 35.5. The second kappa shape index (κ2) is 7.85. The molecule has 1 aromatic heterocycles. The molecule has 21 heavy (non-hydrogen) atoms. The van der Waals surface area contributed by atoms with Crippen molar-refractivity contribution in [1.82, 2.24) is 9.97 Å². The van der Waals surface area contributed by atoms with E-state index in [0.29, 0.717) is 11.2 Å². The minimum Gasteiger partial charge on any atom is -0.321 e. The Morgan fingerprint density at radius 3 is 2.29 bits per heavy atom. The maximum atomic E-state index is 6.01. The molecule has 0 radical (unpaired) electrons. The van der Waals surface area contributed by atoms with Crippen molar-refractivity contribution in [1.29, 1.82) is 0 Å². The number of hydrogen-bond acceptors (Lipinski definition) is 4. The third-order valence-corrected chi connectivity index (χ3v) is 5.25. The number of halogens is 1. The molecule has 1 heterocycles. The Kier molecular flexibility index (Phi) is 6.75. The van der Waals surface area contributed by atoms with Crippen LogP contribution in [0.5, 0.6) is 0 Å². The van der Waals surface area contributed by atoms with E-state index >= 15 is 0 Å². The van der Waals surface area contributed by atoms with E-state index in [-0.39, 0.29) is 10.7 Å². The van der Waals surface area contributed by atoms with E-state index in [1.807, 2.05) is 36.6 Å². The van der Waals surface area contributed by atoms with Gasteiger partial charge in [0.05, 0.1) is 5.37 Å². The molecule has 1 rings (SSSR count). The summed E-state index contributed by atoms with van der Waals surface area (Å²) in [6.07, 6.45) is 3.79. The zero-order valence-electron chi connectivity index (χ0n) is 13.4. The van der Waals surface area contributed by atoms with E-state index in [4.69, 9.17) is 11.6 Å². The Hall–Kier alpha value is -1.00. The summed E-state index contributed by atoms with van der Waals surface area (Å²) in [5, 5.41) is 0.819. The zero-order chi connectivity index (χ0) is 16.2. The lowest BCUT2D eigenvalue weighted by Crippen LogP contribution is -2.29. The number of rotatable bonds is 7. The predicted molar refractivity (Wildman–Crippen MR) is 95.1 cm³/mol. The summed E-state index contributed by atoms with van der Waals surface area (Å²) in [4.78, 5) is 10.6. The van der Waals surface area contributed by atoms with Crippen molar-refractivity contribution in [2.45, 2.75) is 45.2 Å². The fraction of sp³-hybridized carbons (Fsp3) is 0.500. The Balaban J connectivity index is 3.08. The molecule has 0 aliphatic heterocycles. The second-order valence-electron chi connectivity index (χ2n) is 5.30. The quantitative estimate of drug-likeness (QED) is 0.401. The smallest absolute Gasteiger partial charge is 0.224 e. The lowest BCUT2D eigenvalue weighted by molar-refractivity contribution is 0.675. The summed E-state index contributed by atoms with van der Waals surface area (Å²) in [6.45, 7) is 18.3. The van der Waals surface area contributed by atoms with Crippen LogP contribution in [0.3, 0.4) is 0 Å². The Labute approximate surface area is 137 Å². The molecule has 0 spiro atoms. The fourth-order valence-electron chi connectivity index (χ4n) is 2.02. The highest BCUT2D eigenvalue weighted by Crippen LogP contribution is 2.31. The van der Waals surface area contributed by atoms with Gasteiger partial charge in [0, 0.05) is 16.5 Å². The average Bonchev–Trinajstić information content (AvgIpc) is 2.41. The van der Waals surface area contributed by atoms with E-state index in [2.05, 4.69) is 43.9 Å². The molecule has 1 aromatic rings. The highest BCUT2D eigenvalue weighted by molar-refractivity contribution is 8.00. The largest absolute Gasteiger partial charge is 0.321 e. The predicted octanol–water partition coefficient (Wildman–Crippen LogP) is 4.99. The lowest BCUT2D eigenvalue weighted by Gasteiger charge is -2.30. The lowest BCUT2D eigenvalue weighted by atomic mass is 10.1. The van der Waals surface area contributed by atoms with Crippen LogP contribution in [0.25, 0.3) is 0 Å². The van der Waals surface area contributed by atoms with Gasteiger partial charge in [-0.2, -0.15) is 4.98 Å². The number of anilines is 1. The summed E-state index contributed by atoms with van der Waals surface area (Å²) >= 11 is 7.84. The van der Waals surface area contributed by atoms with Gasteiger partial charge in [-0.15, -0.1) is 18.3 Å². The van der Waals surface area contributed by atoms with Crippen molar-refractivity contribution >= 4 is 29.2 Å². The van der Waals surface area contributed by atoms with E-state index in [1.165, 1.54) is 0 Å². The molecular weight excluding hydrogens is 302 g/mol. The van der Waals surface area contributed by atoms with Gasteiger partial charge >= 0.3 is 0 Å². The minimum absolute atomic E-state index is 0.178. The maximum absolute atomic E-state index is 6.01. The van der Waals surface area contributed by atoms with Gasteiger partial charge in [0.2, 0.25) is 5.28 Å². The summed E-state index contributed by atoms with van der Waals surface area (Å²) in [5.74, 6) is 1.34. The van der Waals surface area contributed by atoms with Crippen molar-refractivity contribution in [3.05, 3.63) is 42.0 Å². The first-order valence-corrected chi connectivity index (χ1v) is 8.33. The number of nitrogens with zero attached hydrogens (tertiary/aromatic N) is 3. The van der Waals surface area contributed by atoms with Gasteiger partial charge in [0.1, 0.15) is 5.82 Å². The molecule has 3 nitrogen and oxygen atoms in total. The van der Waals surface area contributed by atoms with Crippen LogP contribution in [0.4, 0.5) is 5.82 Å². The number of aryl methyl sites for hydroxylation is 1. The van der Waals surface area contributed by atoms with Gasteiger partial charge in [0.25, 0.3) is 0 Å². The maximum Gasteiger partial charge on any atom is 0.224 e. The van der Waals surface area contributed by atoms with Crippen molar-refractivity contribution in [2.75, 3.05) is 4.90 Å². The van der Waals surface area contributed by atoms with Crippen molar-refractivity contribution in [3.8, 4) is 0 Å². The molecule has 0 bridgehead atoms. The fourth-order valence-corrected chi connectivity index (χ4v) is 3.42. The number of hydrogen-bond donors (Lipinski definition) is 0. The molecule has 0 saturated heterocycles. The van der Waals surface area contributed by atoms with Crippen molar-refractivity contribution in [2.24, 2.45) is 5.92 Å². The highest BCUT2D eigenvalue weighted by Gasteiger charge is 2.22. The molecule has 0 fully saturated rings. The van der Waals surface area contributed by atoms with Crippen LogP contribution in [0.15, 0.2) is 25.4 Å². The van der Waals surface area contributed by atoms with Crippen molar-refractivity contribution in [3.63, 3.8) is 0 Å². The normalized spacial score (nSPS) is 13.9. The zero-order valence-corrected chi connectivity index (χ0v) is 15.0. The SMILES string of the molecule is C=CC(SC(C)N(C=C)c1nc(Cl)nc(C)c1C)C(C)C. The van der Waals surface area contributed by atoms with Crippen LogP contribution in [0, 0.1) is 19.8 Å². The van der Waals surface area contributed by atoms with Gasteiger partial charge in [-0.1, -0.05) is 26.5 Å². The van der Waals surface area contributed by atoms with Crippen LogP contribution >= 0.6 is 23.4 Å². The summed E-state index contributed by atoms with van der Waals surface area (Å²) in [5.41, 5.74) is 1.91. The van der Waals surface area contributed by atoms with Crippen LogP contribution in [0.1, 0.15) is 32.0 Å². The third-order valence-electron chi connectivity index (χ3n) is 3.41. The van der Waals surface area contributed by atoms with E-state index < -0.39 is 0 Å². The van der Waals surface area contributed by atoms with Gasteiger partial charge in [-0.25, -0.2) is 4.98 Å². The first-order chi connectivity index (χ1) is 9.81. The summed E-state index contributed by atoms with van der Waals surface area (Å²) in [6, 6.07) is 0. The first-order valence-electron chi connectivity index (χ1n) is 7.01. The summed E-state index contributed by atoms with van der Waals surface area (Å²) < 4.78 is 0. The molecule has 0 aliphatic carbocycles. The summed E-state index contributed by atoms with van der Waals surface area (Å²) in [7, 11) is 0. The van der Waals surface area contributed by atoms with E-state index in [1.54, 1.807) is 6.20 Å². The molecule has 2 atom stereocenters. The van der Waals surface area contributed by atoms with E-state index in [9.17, 15) is 0 Å². The first kappa shape index (κ1) is 18.1. The van der Waals surface area contributed by atoms with Gasteiger partial charge in [-0.3, -0.25) is 0 Å². The molecule has 0 aromatic carbocycles.